The summed E-state index contributed by atoms with van der Waals surface area (Å²) >= 11 is 17.3. The molecule has 0 radical (unpaired) electrons. The Hall–Kier alpha value is -1.47. The number of ether oxygens (including phenoxy) is 3. The Bertz CT molecular complexity index is 722. The number of hydrogen-bond donors (Lipinski definition) is 1. The van der Waals surface area contributed by atoms with Crippen molar-refractivity contribution < 1.29 is 19.0 Å². The van der Waals surface area contributed by atoms with Crippen LogP contribution >= 0.6 is 34.8 Å². The van der Waals surface area contributed by atoms with Crippen LogP contribution < -0.4 is 4.90 Å². The van der Waals surface area contributed by atoms with Gasteiger partial charge in [-0.1, -0.05) is 65.7 Å². The summed E-state index contributed by atoms with van der Waals surface area (Å²) in [5.74, 6) is -0.538. The largest absolute Gasteiger partial charge is 0.461 e. The highest BCUT2D eigenvalue weighted by molar-refractivity contribution is 6.76. The van der Waals surface area contributed by atoms with Gasteiger partial charge in [0.1, 0.15) is 6.61 Å². The number of fused-ring (bicyclic) bond motifs is 3. The predicted molar refractivity (Wildman–Crippen MR) is 95.6 cm³/mol. The number of benzene rings is 1. The molecule has 9 heteroatoms. The maximum Gasteiger partial charge on any atom is 0.416 e. The van der Waals surface area contributed by atoms with Crippen molar-refractivity contribution in [3.8, 4) is 0 Å². The van der Waals surface area contributed by atoms with E-state index in [-0.39, 0.29) is 6.61 Å². The van der Waals surface area contributed by atoms with Gasteiger partial charge in [-0.3, -0.25) is 5.41 Å². The summed E-state index contributed by atoms with van der Waals surface area (Å²) in [7, 11) is 0. The minimum absolute atomic E-state index is 0.0576. The van der Waals surface area contributed by atoms with Crippen molar-refractivity contribution >= 4 is 52.5 Å². The Labute approximate surface area is 159 Å². The molecule has 1 amide bonds. The van der Waals surface area contributed by atoms with Crippen LogP contribution in [0.3, 0.4) is 0 Å². The molecule has 2 heterocycles. The van der Waals surface area contributed by atoms with Crippen molar-refractivity contribution in [2.75, 3.05) is 18.1 Å². The molecule has 1 aromatic carbocycles. The van der Waals surface area contributed by atoms with Crippen LogP contribution in [0.5, 0.6) is 0 Å². The van der Waals surface area contributed by atoms with Gasteiger partial charge < -0.3 is 14.2 Å². The fourth-order valence-electron chi connectivity index (χ4n) is 3.09. The van der Waals surface area contributed by atoms with Gasteiger partial charge in [-0.05, 0) is 6.07 Å². The van der Waals surface area contributed by atoms with Gasteiger partial charge in [0.05, 0.1) is 12.3 Å². The Morgan fingerprint density at radius 2 is 2.20 bits per heavy atom. The van der Waals surface area contributed by atoms with E-state index in [1.54, 1.807) is 24.3 Å². The molecule has 1 N–H and O–H groups in total. The summed E-state index contributed by atoms with van der Waals surface area (Å²) in [6, 6.07) is 7.12. The highest BCUT2D eigenvalue weighted by Crippen LogP contribution is 2.53. The number of rotatable bonds is 3. The first-order chi connectivity index (χ1) is 11.8. The van der Waals surface area contributed by atoms with E-state index in [0.717, 1.165) is 0 Å². The molecule has 2 aliphatic heterocycles. The van der Waals surface area contributed by atoms with Crippen molar-refractivity contribution in [1.29, 1.82) is 5.41 Å². The van der Waals surface area contributed by atoms with Crippen LogP contribution in [0.25, 0.3) is 0 Å². The van der Waals surface area contributed by atoms with E-state index >= 15 is 0 Å². The van der Waals surface area contributed by atoms with E-state index in [4.69, 9.17) is 54.4 Å². The Morgan fingerprint density at radius 1 is 1.48 bits per heavy atom. The Morgan fingerprint density at radius 3 is 2.88 bits per heavy atom. The SMILES string of the molecule is C=CCOC(=O)N1c2ccccc2[C@]2(OC(=N)C(Cl)(Cl)Cl)CCO[C@H]12. The van der Waals surface area contributed by atoms with Crippen LogP contribution in [0.2, 0.25) is 0 Å². The molecular weight excluding hydrogens is 391 g/mol. The zero-order valence-electron chi connectivity index (χ0n) is 13.0. The number of amides is 1. The number of nitrogens with one attached hydrogen (secondary N) is 1. The zero-order valence-corrected chi connectivity index (χ0v) is 15.3. The molecule has 0 aromatic heterocycles. The normalized spacial score (nSPS) is 24.4. The van der Waals surface area contributed by atoms with E-state index in [1.165, 1.54) is 11.0 Å². The molecule has 6 nitrogen and oxygen atoms in total. The number of para-hydroxylation sites is 1. The van der Waals surface area contributed by atoms with Crippen molar-refractivity contribution in [2.45, 2.75) is 22.0 Å². The number of carbonyl (C=O) groups is 1. The van der Waals surface area contributed by atoms with Crippen LogP contribution in [-0.2, 0) is 19.8 Å². The fraction of sp³-hybridized carbons (Fsp3) is 0.375. The summed E-state index contributed by atoms with van der Waals surface area (Å²) in [6.07, 6.45) is 0.431. The average Bonchev–Trinajstić information content (AvgIpc) is 3.07. The van der Waals surface area contributed by atoms with Gasteiger partial charge in [0.25, 0.3) is 3.79 Å². The first-order valence-electron chi connectivity index (χ1n) is 7.44. The van der Waals surface area contributed by atoms with Gasteiger partial charge in [-0.2, -0.15) is 0 Å². The van der Waals surface area contributed by atoms with E-state index in [0.29, 0.717) is 24.3 Å². The lowest BCUT2D eigenvalue weighted by atomic mass is 9.93. The van der Waals surface area contributed by atoms with Gasteiger partial charge >= 0.3 is 6.09 Å². The third-order valence-electron chi connectivity index (χ3n) is 4.07. The van der Waals surface area contributed by atoms with E-state index in [9.17, 15) is 4.79 Å². The van der Waals surface area contributed by atoms with E-state index in [2.05, 4.69) is 6.58 Å². The quantitative estimate of drug-likeness (QED) is 0.355. The van der Waals surface area contributed by atoms with Crippen LogP contribution in [0, 0.1) is 5.41 Å². The van der Waals surface area contributed by atoms with Crippen LogP contribution in [0.15, 0.2) is 36.9 Å². The maximum absolute atomic E-state index is 12.5. The minimum atomic E-state index is -2.02. The lowest BCUT2D eigenvalue weighted by Crippen LogP contribution is -2.48. The molecule has 1 aromatic rings. The van der Waals surface area contributed by atoms with Crippen LogP contribution in [-0.4, -0.2) is 35.2 Å². The van der Waals surface area contributed by atoms with Gasteiger partial charge in [0, 0.05) is 12.0 Å². The van der Waals surface area contributed by atoms with Gasteiger partial charge in [0.15, 0.2) is 11.8 Å². The van der Waals surface area contributed by atoms with E-state index in [1.807, 2.05) is 0 Å². The Kier molecular flexibility index (Phi) is 4.90. The lowest BCUT2D eigenvalue weighted by molar-refractivity contribution is -0.0215. The van der Waals surface area contributed by atoms with Crippen molar-refractivity contribution in [2.24, 2.45) is 0 Å². The van der Waals surface area contributed by atoms with Crippen LogP contribution in [0.1, 0.15) is 12.0 Å². The lowest BCUT2D eigenvalue weighted by Gasteiger charge is -2.32. The molecule has 2 aliphatic rings. The first kappa shape index (κ1) is 18.3. The van der Waals surface area contributed by atoms with Crippen molar-refractivity contribution in [3.05, 3.63) is 42.5 Å². The second kappa shape index (κ2) is 6.68. The van der Waals surface area contributed by atoms with Gasteiger partial charge in [0.2, 0.25) is 5.90 Å². The third-order valence-corrected chi connectivity index (χ3v) is 4.58. The summed E-state index contributed by atoms with van der Waals surface area (Å²) in [4.78, 5) is 13.9. The molecule has 0 saturated carbocycles. The summed E-state index contributed by atoms with van der Waals surface area (Å²) in [5, 5.41) is 7.96. The molecular formula is C16H15Cl3N2O4. The molecule has 3 rings (SSSR count). The zero-order chi connectivity index (χ0) is 18.2. The molecule has 0 bridgehead atoms. The van der Waals surface area contributed by atoms with Crippen molar-refractivity contribution in [1.82, 2.24) is 0 Å². The van der Waals surface area contributed by atoms with Crippen LogP contribution in [0.4, 0.5) is 10.5 Å². The number of alkyl halides is 3. The number of hydrogen-bond acceptors (Lipinski definition) is 5. The molecule has 1 fully saturated rings. The minimum Gasteiger partial charge on any atom is -0.461 e. The molecule has 0 unspecified atom stereocenters. The molecule has 1 saturated heterocycles. The fourth-order valence-corrected chi connectivity index (χ4v) is 3.20. The topological polar surface area (TPSA) is 71.8 Å². The summed E-state index contributed by atoms with van der Waals surface area (Å²) in [6.45, 7) is 3.90. The number of anilines is 1. The molecule has 0 spiro atoms. The molecule has 25 heavy (non-hydrogen) atoms. The monoisotopic (exact) mass is 404 g/mol. The summed E-state index contributed by atoms with van der Waals surface area (Å²) < 4.78 is 14.7. The molecule has 0 aliphatic carbocycles. The number of carbonyl (C=O) groups excluding carboxylic acids is 1. The average molecular weight is 406 g/mol. The molecule has 2 atom stereocenters. The second-order valence-corrected chi connectivity index (χ2v) is 7.83. The highest BCUT2D eigenvalue weighted by atomic mass is 35.6. The van der Waals surface area contributed by atoms with Gasteiger partial charge in [-0.25, -0.2) is 9.69 Å². The number of nitrogens with zero attached hydrogens (tertiary/aromatic N) is 1. The number of halogens is 3. The highest BCUT2D eigenvalue weighted by Gasteiger charge is 2.60. The second-order valence-electron chi connectivity index (χ2n) is 5.54. The predicted octanol–water partition coefficient (Wildman–Crippen LogP) is 4.13. The maximum atomic E-state index is 12.5. The third kappa shape index (κ3) is 3.08. The molecule has 134 valence electrons. The standard InChI is InChI=1S/C16H15Cl3N2O4/c1-2-8-24-14(22)21-11-6-4-3-5-10(11)15(7-9-23-13(15)21)25-12(20)16(17,18)19/h2-6,13,20H,1,7-9H2/t13-,15+/m0/s1. The van der Waals surface area contributed by atoms with Crippen molar-refractivity contribution in [3.63, 3.8) is 0 Å². The summed E-state index contributed by atoms with van der Waals surface area (Å²) in [5.41, 5.74) is 0.107. The first-order valence-corrected chi connectivity index (χ1v) is 8.57. The van der Waals surface area contributed by atoms with E-state index < -0.39 is 27.6 Å². The van der Waals surface area contributed by atoms with Gasteiger partial charge in [-0.15, -0.1) is 0 Å². The smallest absolute Gasteiger partial charge is 0.416 e. The Balaban J connectivity index is 2.02.